The predicted octanol–water partition coefficient (Wildman–Crippen LogP) is 3.17. The zero-order valence-electron chi connectivity index (χ0n) is 14.1. The number of anilines is 2. The van der Waals surface area contributed by atoms with Crippen molar-refractivity contribution in [3.05, 3.63) is 78.1 Å². The average Bonchev–Trinajstić information content (AvgIpc) is 2.98. The molecule has 0 atom stereocenters. The molecule has 0 radical (unpaired) electrons. The van der Waals surface area contributed by atoms with Crippen LogP contribution in [0.3, 0.4) is 0 Å². The number of nitrogens with zero attached hydrogens (tertiary/aromatic N) is 5. The van der Waals surface area contributed by atoms with E-state index in [2.05, 4.69) is 5.32 Å². The number of nitrogens with one attached hydrogen (secondary N) is 1. The predicted molar refractivity (Wildman–Crippen MR) is 97.4 cm³/mol. The smallest absolute Gasteiger partial charge is 0.291 e. The maximum absolute atomic E-state index is 11.5. The first kappa shape index (κ1) is 18.3. The molecule has 0 fully saturated rings. The molecule has 0 spiro atoms. The summed E-state index contributed by atoms with van der Waals surface area (Å²) in [7, 11) is 1.58. The number of hydrogen-bond donors (Lipinski definition) is 1. The lowest BCUT2D eigenvalue weighted by atomic mass is 10.0. The van der Waals surface area contributed by atoms with Crippen LogP contribution in [0.2, 0.25) is 0 Å². The molecule has 0 saturated heterocycles. The maximum Gasteiger partial charge on any atom is 0.291 e. The van der Waals surface area contributed by atoms with E-state index in [9.17, 15) is 35.6 Å². The van der Waals surface area contributed by atoms with Gasteiger partial charge in [-0.05, 0) is 12.1 Å². The minimum absolute atomic E-state index is 0.0868. The highest BCUT2D eigenvalue weighted by Gasteiger charge is 2.36. The number of para-hydroxylation sites is 2. The molecular formula is C16H10N6O6. The van der Waals surface area contributed by atoms with Gasteiger partial charge < -0.3 is 10.2 Å². The lowest BCUT2D eigenvalue weighted by Gasteiger charge is -2.15. The number of fused-ring (bicyclic) bond motifs is 1. The maximum atomic E-state index is 11.5. The molecule has 0 bridgehead atoms. The van der Waals surface area contributed by atoms with Gasteiger partial charge in [0.05, 0.1) is 38.3 Å². The Morgan fingerprint density at radius 3 is 2.07 bits per heavy atom. The molecule has 0 aromatic heterocycles. The summed E-state index contributed by atoms with van der Waals surface area (Å²) in [4.78, 5) is 32.6. The molecule has 12 nitrogen and oxygen atoms in total. The molecule has 0 amide bonds. The molecule has 0 aliphatic carbocycles. The molecule has 12 heteroatoms. The lowest BCUT2D eigenvalue weighted by molar-refractivity contribution is -0.403. The molecule has 1 aliphatic heterocycles. The summed E-state index contributed by atoms with van der Waals surface area (Å²) in [6.45, 7) is 0. The summed E-state index contributed by atoms with van der Waals surface area (Å²) < 4.78 is 0. The Morgan fingerprint density at radius 2 is 1.61 bits per heavy atom. The van der Waals surface area contributed by atoms with E-state index in [1.807, 2.05) is 0 Å². The summed E-state index contributed by atoms with van der Waals surface area (Å²) >= 11 is 0. The van der Waals surface area contributed by atoms with Crippen LogP contribution in [0.1, 0.15) is 5.56 Å². The van der Waals surface area contributed by atoms with Gasteiger partial charge in [-0.25, -0.2) is 0 Å². The summed E-state index contributed by atoms with van der Waals surface area (Å²) in [5.41, 5.74) is -2.37. The van der Waals surface area contributed by atoms with E-state index in [0.717, 1.165) is 0 Å². The number of non-ortho nitro benzene ring substituents is 1. The van der Waals surface area contributed by atoms with Gasteiger partial charge >= 0.3 is 0 Å². The van der Waals surface area contributed by atoms with Crippen LogP contribution in [0, 0.1) is 41.7 Å². The van der Waals surface area contributed by atoms with Crippen molar-refractivity contribution in [2.75, 3.05) is 17.3 Å². The van der Waals surface area contributed by atoms with Crippen LogP contribution in [-0.2, 0) is 0 Å². The standard InChI is InChI=1S/C16H10N6O6/c1-19-12-5-3-2-4-11(12)18-16(19)10(8-17)15-13(21(25)26)6-9(20(23)24)7-14(15)22(27)28/h2-7,18H,1H3. The third-order valence-corrected chi connectivity index (χ3v) is 4.14. The highest BCUT2D eigenvalue weighted by Crippen LogP contribution is 2.43. The molecule has 1 aliphatic rings. The van der Waals surface area contributed by atoms with Gasteiger partial charge in [0.25, 0.3) is 17.1 Å². The monoisotopic (exact) mass is 382 g/mol. The highest BCUT2D eigenvalue weighted by molar-refractivity contribution is 5.96. The van der Waals surface area contributed by atoms with Crippen LogP contribution in [-0.4, -0.2) is 21.8 Å². The number of nitriles is 1. The largest absolute Gasteiger partial charge is 0.339 e. The van der Waals surface area contributed by atoms with Crippen molar-refractivity contribution in [1.29, 1.82) is 5.26 Å². The first-order valence-corrected chi connectivity index (χ1v) is 7.62. The molecule has 140 valence electrons. The van der Waals surface area contributed by atoms with E-state index in [1.54, 1.807) is 37.4 Å². The molecular weight excluding hydrogens is 372 g/mol. The SMILES string of the molecule is CN1C(=C(C#N)c2c([N+](=O)[O-])cc([N+](=O)[O-])cc2[N+](=O)[O-])Nc2ccccc21. The number of rotatable bonds is 4. The molecule has 1 N–H and O–H groups in total. The third-order valence-electron chi connectivity index (χ3n) is 4.14. The van der Waals surface area contributed by atoms with E-state index < -0.39 is 37.4 Å². The Bertz CT molecular complexity index is 1080. The fraction of sp³-hybridized carbons (Fsp3) is 0.0625. The van der Waals surface area contributed by atoms with Gasteiger partial charge in [-0.2, -0.15) is 5.26 Å². The Hall–Kier alpha value is -4.53. The number of hydrogen-bond acceptors (Lipinski definition) is 9. The number of allylic oxidation sites excluding steroid dienone is 1. The molecule has 0 unspecified atom stereocenters. The van der Waals surface area contributed by atoms with Gasteiger partial charge in [-0.1, -0.05) is 12.1 Å². The highest BCUT2D eigenvalue weighted by atomic mass is 16.6. The average molecular weight is 382 g/mol. The second-order valence-corrected chi connectivity index (χ2v) is 5.67. The first-order valence-electron chi connectivity index (χ1n) is 7.62. The third kappa shape index (κ3) is 2.82. The molecule has 1 heterocycles. The van der Waals surface area contributed by atoms with E-state index in [1.165, 1.54) is 4.90 Å². The summed E-state index contributed by atoms with van der Waals surface area (Å²) in [5.74, 6) is 0.0868. The van der Waals surface area contributed by atoms with Crippen molar-refractivity contribution < 1.29 is 14.8 Å². The van der Waals surface area contributed by atoms with Crippen LogP contribution in [0.25, 0.3) is 5.57 Å². The van der Waals surface area contributed by atoms with E-state index in [0.29, 0.717) is 23.5 Å². The number of nitro groups is 3. The second kappa shape index (κ2) is 6.65. The fourth-order valence-corrected chi connectivity index (χ4v) is 2.91. The normalized spacial score (nSPS) is 13.9. The van der Waals surface area contributed by atoms with Crippen molar-refractivity contribution >= 4 is 34.0 Å². The Labute approximate surface area is 156 Å². The summed E-state index contributed by atoms with van der Waals surface area (Å²) in [6.07, 6.45) is 0. The minimum atomic E-state index is -0.991. The topological polar surface area (TPSA) is 168 Å². The Kier molecular flexibility index (Phi) is 4.34. The van der Waals surface area contributed by atoms with E-state index in [4.69, 9.17) is 0 Å². The zero-order chi connectivity index (χ0) is 20.6. The molecule has 28 heavy (non-hydrogen) atoms. The van der Waals surface area contributed by atoms with E-state index in [-0.39, 0.29) is 11.4 Å². The van der Waals surface area contributed by atoms with Crippen molar-refractivity contribution in [3.63, 3.8) is 0 Å². The van der Waals surface area contributed by atoms with Crippen molar-refractivity contribution in [2.45, 2.75) is 0 Å². The van der Waals surface area contributed by atoms with Gasteiger partial charge in [0.2, 0.25) is 0 Å². The van der Waals surface area contributed by atoms with Gasteiger partial charge in [0.15, 0.2) is 5.56 Å². The summed E-state index contributed by atoms with van der Waals surface area (Å²) in [6, 6.07) is 9.85. The Balaban J connectivity index is 2.36. The van der Waals surface area contributed by atoms with E-state index >= 15 is 0 Å². The fourth-order valence-electron chi connectivity index (χ4n) is 2.91. The van der Waals surface area contributed by atoms with Crippen LogP contribution in [0.4, 0.5) is 28.4 Å². The molecule has 2 aromatic rings. The first-order chi connectivity index (χ1) is 13.3. The molecule has 2 aromatic carbocycles. The van der Waals surface area contributed by atoms with Crippen molar-refractivity contribution in [2.24, 2.45) is 0 Å². The van der Waals surface area contributed by atoms with Crippen LogP contribution in [0.5, 0.6) is 0 Å². The Morgan fingerprint density at radius 1 is 1.04 bits per heavy atom. The summed E-state index contributed by atoms with van der Waals surface area (Å²) in [5, 5.41) is 46.6. The van der Waals surface area contributed by atoms with Crippen LogP contribution < -0.4 is 10.2 Å². The molecule has 0 saturated carbocycles. The van der Waals surface area contributed by atoms with Crippen molar-refractivity contribution in [3.8, 4) is 6.07 Å². The number of nitro benzene ring substituents is 3. The van der Waals surface area contributed by atoms with Gasteiger partial charge in [0, 0.05) is 7.05 Å². The lowest BCUT2D eigenvalue weighted by Crippen LogP contribution is -2.17. The van der Waals surface area contributed by atoms with Gasteiger partial charge in [0.1, 0.15) is 17.5 Å². The minimum Gasteiger partial charge on any atom is -0.339 e. The van der Waals surface area contributed by atoms with Crippen LogP contribution >= 0.6 is 0 Å². The number of benzene rings is 2. The van der Waals surface area contributed by atoms with Crippen molar-refractivity contribution in [1.82, 2.24) is 0 Å². The van der Waals surface area contributed by atoms with Gasteiger partial charge in [-0.15, -0.1) is 0 Å². The zero-order valence-corrected chi connectivity index (χ0v) is 14.1. The van der Waals surface area contributed by atoms with Gasteiger partial charge in [-0.3, -0.25) is 30.3 Å². The van der Waals surface area contributed by atoms with Crippen LogP contribution in [0.15, 0.2) is 42.2 Å². The molecule has 3 rings (SSSR count). The second-order valence-electron chi connectivity index (χ2n) is 5.67. The quantitative estimate of drug-likeness (QED) is 0.474.